The van der Waals surface area contributed by atoms with Gasteiger partial charge in [-0.1, -0.05) is 61.5 Å². The molecule has 17 nitrogen and oxygen atoms in total. The first kappa shape index (κ1) is 43.8. The summed E-state index contributed by atoms with van der Waals surface area (Å²) in [6.07, 6.45) is 2.71. The van der Waals surface area contributed by atoms with Crippen LogP contribution in [0.25, 0.3) is 10.9 Å². The van der Waals surface area contributed by atoms with E-state index >= 15 is 4.39 Å². The van der Waals surface area contributed by atoms with Crippen molar-refractivity contribution >= 4 is 46.3 Å². The number of carbonyl (C=O) groups excluding carboxylic acids is 3. The predicted octanol–water partition coefficient (Wildman–Crippen LogP) is 5.45. The second kappa shape index (κ2) is 20.0. The van der Waals surface area contributed by atoms with Gasteiger partial charge in [-0.15, -0.1) is 5.10 Å². The molecule has 0 bridgehead atoms. The number of hydrogen-bond donors (Lipinski definition) is 4. The van der Waals surface area contributed by atoms with E-state index in [9.17, 15) is 29.1 Å². The average Bonchev–Trinajstić information content (AvgIpc) is 3.74. The molecule has 18 heteroatoms. The van der Waals surface area contributed by atoms with Crippen LogP contribution < -0.4 is 26.7 Å². The number of aryl methyl sites for hydroxylation is 1. The van der Waals surface area contributed by atoms with Gasteiger partial charge >= 0.3 is 18.2 Å². The number of alkyl carbamates (subject to hydrolysis) is 1. The van der Waals surface area contributed by atoms with Crippen LogP contribution in [0.5, 0.6) is 0 Å². The fourth-order valence-electron chi connectivity index (χ4n) is 7.09. The standard InChI is InChI=1S/C43H50FN9O8/c1-4-50-23-32(41(56)57)39(54)31-21-33(44)37(22-36(31)50)51-17-19-52(20-18-51)43(59)61-26-29-12-14-30(15-13-29)46-40(55)35(11-8-16-45)53-24-34(48-49-53)38(27(2)3)47-42(58)60-25-28-9-6-5-7-10-28/h5-7,9-10,12-15,21-24,27,35,38H,4,8,11,16-20,25-26,45H2,1-3H3,(H,46,55)(H,47,58)(H,56,57)/t35-,38-/m0/s1. The summed E-state index contributed by atoms with van der Waals surface area (Å²) >= 11 is 0. The van der Waals surface area contributed by atoms with Crippen LogP contribution in [0.1, 0.15) is 72.9 Å². The number of fused-ring (bicyclic) bond motifs is 1. The van der Waals surface area contributed by atoms with Crippen molar-refractivity contribution in [3.63, 3.8) is 0 Å². The van der Waals surface area contributed by atoms with Crippen LogP contribution in [0.15, 0.2) is 83.9 Å². The third kappa shape index (κ3) is 10.7. The summed E-state index contributed by atoms with van der Waals surface area (Å²) in [5.41, 5.74) is 7.82. The molecule has 3 aromatic carbocycles. The number of ether oxygens (including phenoxy) is 2. The Labute approximate surface area is 351 Å². The van der Waals surface area contributed by atoms with Gasteiger partial charge in [0.2, 0.25) is 11.3 Å². The number of piperazine rings is 1. The van der Waals surface area contributed by atoms with E-state index in [0.29, 0.717) is 61.5 Å². The van der Waals surface area contributed by atoms with Crippen molar-refractivity contribution < 1.29 is 38.1 Å². The van der Waals surface area contributed by atoms with E-state index in [1.165, 1.54) is 15.8 Å². The van der Waals surface area contributed by atoms with E-state index in [1.807, 2.05) is 44.2 Å². The van der Waals surface area contributed by atoms with E-state index < -0.39 is 47.0 Å². The number of amides is 3. The Bertz CT molecular complexity index is 2400. The molecule has 3 amide bonds. The number of carboxylic acid groups (broad SMARTS) is 1. The molecule has 0 aliphatic carbocycles. The topological polar surface area (TPSA) is 216 Å². The van der Waals surface area contributed by atoms with Gasteiger partial charge in [-0.3, -0.25) is 9.59 Å². The molecule has 0 spiro atoms. The normalized spacial score (nSPS) is 13.8. The van der Waals surface area contributed by atoms with Gasteiger partial charge in [-0.2, -0.15) is 0 Å². The summed E-state index contributed by atoms with van der Waals surface area (Å²) < 4.78 is 29.4. The number of aromatic carboxylic acids is 1. The van der Waals surface area contributed by atoms with Crippen LogP contribution in [0.2, 0.25) is 0 Å². The summed E-state index contributed by atoms with van der Waals surface area (Å²) in [6.45, 7) is 7.60. The number of benzene rings is 3. The number of carbonyl (C=O) groups is 4. The van der Waals surface area contributed by atoms with Crippen molar-refractivity contribution in [1.29, 1.82) is 0 Å². The van der Waals surface area contributed by atoms with Gasteiger partial charge in [0.25, 0.3) is 0 Å². The molecule has 2 aromatic heterocycles. The summed E-state index contributed by atoms with van der Waals surface area (Å²) in [5, 5.41) is 23.8. The molecule has 1 aliphatic rings. The zero-order chi connectivity index (χ0) is 43.6. The van der Waals surface area contributed by atoms with Crippen molar-refractivity contribution in [2.45, 2.75) is 65.5 Å². The number of pyridine rings is 1. The molecule has 6 rings (SSSR count). The van der Waals surface area contributed by atoms with Gasteiger partial charge in [-0.05, 0) is 67.6 Å². The minimum absolute atomic E-state index is 0.0147. The Hall–Kier alpha value is -6.82. The Morgan fingerprint density at radius 3 is 2.28 bits per heavy atom. The molecule has 322 valence electrons. The van der Waals surface area contributed by atoms with Crippen molar-refractivity contribution in [2.24, 2.45) is 11.7 Å². The number of carboxylic acids is 1. The van der Waals surface area contributed by atoms with Crippen LogP contribution in [0, 0.1) is 11.7 Å². The molecule has 0 unspecified atom stereocenters. The number of halogens is 1. The molecular weight excluding hydrogens is 790 g/mol. The number of nitrogens with one attached hydrogen (secondary N) is 2. The van der Waals surface area contributed by atoms with Gasteiger partial charge in [0.15, 0.2) is 0 Å². The van der Waals surface area contributed by atoms with Crippen LogP contribution in [-0.2, 0) is 34.0 Å². The smallest absolute Gasteiger partial charge is 0.410 e. The maximum Gasteiger partial charge on any atom is 0.410 e. The fourth-order valence-corrected chi connectivity index (χ4v) is 7.09. The lowest BCUT2D eigenvalue weighted by Gasteiger charge is -2.35. The molecule has 2 atom stereocenters. The first-order valence-electron chi connectivity index (χ1n) is 20.1. The lowest BCUT2D eigenvalue weighted by Crippen LogP contribution is -2.49. The molecule has 1 saturated heterocycles. The maximum atomic E-state index is 15.3. The highest BCUT2D eigenvalue weighted by Crippen LogP contribution is 2.27. The third-order valence-corrected chi connectivity index (χ3v) is 10.5. The largest absolute Gasteiger partial charge is 0.477 e. The van der Waals surface area contributed by atoms with Crippen LogP contribution in [-0.4, -0.2) is 86.4 Å². The van der Waals surface area contributed by atoms with Crippen molar-refractivity contribution in [3.8, 4) is 0 Å². The molecule has 5 aromatic rings. The van der Waals surface area contributed by atoms with Crippen molar-refractivity contribution in [1.82, 2.24) is 29.8 Å². The minimum Gasteiger partial charge on any atom is -0.477 e. The van der Waals surface area contributed by atoms with E-state index in [4.69, 9.17) is 15.2 Å². The van der Waals surface area contributed by atoms with E-state index in [0.717, 1.165) is 11.6 Å². The predicted molar refractivity (Wildman–Crippen MR) is 225 cm³/mol. The molecular formula is C43H50FN9O8. The van der Waals surface area contributed by atoms with E-state index in [1.54, 1.807) is 52.9 Å². The zero-order valence-corrected chi connectivity index (χ0v) is 34.3. The Kier molecular flexibility index (Phi) is 14.3. The number of nitrogens with two attached hydrogens (primary N) is 1. The van der Waals surface area contributed by atoms with Gasteiger partial charge < -0.3 is 45.3 Å². The van der Waals surface area contributed by atoms with E-state index in [2.05, 4.69) is 20.9 Å². The van der Waals surface area contributed by atoms with Crippen molar-refractivity contribution in [2.75, 3.05) is 42.9 Å². The highest BCUT2D eigenvalue weighted by atomic mass is 19.1. The number of nitrogens with zero attached hydrogens (tertiary/aromatic N) is 6. The Morgan fingerprint density at radius 2 is 1.62 bits per heavy atom. The Morgan fingerprint density at radius 1 is 0.934 bits per heavy atom. The molecule has 5 N–H and O–H groups in total. The maximum absolute atomic E-state index is 15.3. The lowest BCUT2D eigenvalue weighted by atomic mass is 10.0. The molecule has 61 heavy (non-hydrogen) atoms. The van der Waals surface area contributed by atoms with E-state index in [-0.39, 0.29) is 49.2 Å². The van der Waals surface area contributed by atoms with Gasteiger partial charge in [0.05, 0.1) is 23.4 Å². The van der Waals surface area contributed by atoms with Gasteiger partial charge in [-0.25, -0.2) is 23.5 Å². The summed E-state index contributed by atoms with van der Waals surface area (Å²) in [7, 11) is 0. The second-order valence-electron chi connectivity index (χ2n) is 15.0. The molecule has 0 radical (unpaired) electrons. The fraction of sp³-hybridized carbons (Fsp3) is 0.372. The summed E-state index contributed by atoms with van der Waals surface area (Å²) in [6, 6.07) is 17.6. The summed E-state index contributed by atoms with van der Waals surface area (Å²) in [4.78, 5) is 66.9. The second-order valence-corrected chi connectivity index (χ2v) is 15.0. The monoisotopic (exact) mass is 839 g/mol. The third-order valence-electron chi connectivity index (χ3n) is 10.5. The minimum atomic E-state index is -1.38. The van der Waals surface area contributed by atoms with Crippen LogP contribution in [0.4, 0.5) is 25.4 Å². The number of anilines is 2. The highest BCUT2D eigenvalue weighted by Gasteiger charge is 2.28. The van der Waals surface area contributed by atoms with Gasteiger partial charge in [0, 0.05) is 50.0 Å². The Balaban J connectivity index is 1.01. The highest BCUT2D eigenvalue weighted by molar-refractivity contribution is 5.94. The van der Waals surface area contributed by atoms with Crippen LogP contribution >= 0.6 is 0 Å². The number of aromatic nitrogens is 4. The SMILES string of the molecule is CCn1cc(C(=O)O)c(=O)c2cc(F)c(N3CCN(C(=O)OCc4ccc(NC(=O)[C@H](CCCN)n5cc([C@@H](NC(=O)OCc6ccccc6)C(C)C)nn5)cc4)CC3)cc21. The zero-order valence-electron chi connectivity index (χ0n) is 34.3. The summed E-state index contributed by atoms with van der Waals surface area (Å²) in [5.74, 6) is -2.44. The first-order valence-corrected chi connectivity index (χ1v) is 20.1. The lowest BCUT2D eigenvalue weighted by molar-refractivity contribution is -0.119. The first-order chi connectivity index (χ1) is 29.4. The van der Waals surface area contributed by atoms with Crippen LogP contribution in [0.3, 0.4) is 0 Å². The number of rotatable bonds is 16. The average molecular weight is 840 g/mol. The van der Waals surface area contributed by atoms with Gasteiger partial charge in [0.1, 0.15) is 36.3 Å². The quantitative estimate of drug-likeness (QED) is 0.0976. The molecule has 0 saturated carbocycles. The van der Waals surface area contributed by atoms with Crippen molar-refractivity contribution in [3.05, 3.63) is 118 Å². The molecule has 3 heterocycles. The number of hydrogen-bond acceptors (Lipinski definition) is 11. The molecule has 1 aliphatic heterocycles. The molecule has 1 fully saturated rings.